The molecular formula is C24H30N2O3. The van der Waals surface area contributed by atoms with E-state index in [9.17, 15) is 9.59 Å². The molecule has 3 rings (SSSR count). The summed E-state index contributed by atoms with van der Waals surface area (Å²) in [5.74, 6) is -0.531. The summed E-state index contributed by atoms with van der Waals surface area (Å²) < 4.78 is 0. The molecule has 0 saturated heterocycles. The lowest BCUT2D eigenvalue weighted by atomic mass is 10.1. The lowest BCUT2D eigenvalue weighted by Crippen LogP contribution is -2.21. The molecular weight excluding hydrogens is 364 g/mol. The van der Waals surface area contributed by atoms with Crippen LogP contribution in [0.25, 0.3) is 6.08 Å². The van der Waals surface area contributed by atoms with Gasteiger partial charge in [-0.15, -0.1) is 0 Å². The van der Waals surface area contributed by atoms with E-state index in [-0.39, 0.29) is 6.54 Å². The maximum Gasteiger partial charge on any atom is 0.322 e. The first-order chi connectivity index (χ1) is 14.0. The van der Waals surface area contributed by atoms with E-state index in [0.29, 0.717) is 5.78 Å². The zero-order valence-electron chi connectivity index (χ0n) is 17.2. The minimum atomic E-state index is -0.853. The van der Waals surface area contributed by atoms with Crippen LogP contribution >= 0.6 is 0 Å². The maximum atomic E-state index is 11.6. The number of rotatable bonds is 7. The largest absolute Gasteiger partial charge is 0.480 e. The zero-order valence-corrected chi connectivity index (χ0v) is 17.2. The number of hydrogen-bond acceptors (Lipinski definition) is 4. The SMILES string of the molecule is CCN(CC)c1ccc(C=C2CCCC2=O)cc1.O=C(O)CNc1ccccc1. The Hall–Kier alpha value is -3.08. The Morgan fingerprint density at radius 2 is 1.69 bits per heavy atom. The number of para-hydroxylation sites is 1. The van der Waals surface area contributed by atoms with Crippen LogP contribution in [-0.2, 0) is 9.59 Å². The Morgan fingerprint density at radius 3 is 2.21 bits per heavy atom. The number of benzene rings is 2. The van der Waals surface area contributed by atoms with Crippen molar-refractivity contribution in [3.8, 4) is 0 Å². The molecule has 2 aromatic rings. The summed E-state index contributed by atoms with van der Waals surface area (Å²) in [5.41, 5.74) is 4.21. The molecule has 0 radical (unpaired) electrons. The number of carbonyl (C=O) groups excluding carboxylic acids is 1. The molecule has 0 aromatic heterocycles. The number of anilines is 2. The molecule has 154 valence electrons. The van der Waals surface area contributed by atoms with Crippen molar-refractivity contribution in [2.24, 2.45) is 0 Å². The van der Waals surface area contributed by atoms with Gasteiger partial charge < -0.3 is 15.3 Å². The molecule has 0 aliphatic heterocycles. The predicted molar refractivity (Wildman–Crippen MR) is 119 cm³/mol. The Kier molecular flexibility index (Phi) is 8.96. The Bertz CT molecular complexity index is 810. The van der Waals surface area contributed by atoms with E-state index in [1.807, 2.05) is 36.4 Å². The molecule has 1 aliphatic rings. The van der Waals surface area contributed by atoms with Crippen molar-refractivity contribution in [2.45, 2.75) is 33.1 Å². The Labute approximate surface area is 173 Å². The zero-order chi connectivity index (χ0) is 21.1. The number of ketones is 1. The van der Waals surface area contributed by atoms with E-state index in [0.717, 1.165) is 49.2 Å². The summed E-state index contributed by atoms with van der Waals surface area (Å²) in [6, 6.07) is 17.7. The van der Waals surface area contributed by atoms with Crippen LogP contribution in [0.15, 0.2) is 60.2 Å². The van der Waals surface area contributed by atoms with Gasteiger partial charge in [-0.2, -0.15) is 0 Å². The highest BCUT2D eigenvalue weighted by Gasteiger charge is 2.16. The minimum Gasteiger partial charge on any atom is -0.480 e. The van der Waals surface area contributed by atoms with Crippen LogP contribution in [0, 0.1) is 0 Å². The maximum absolute atomic E-state index is 11.6. The lowest BCUT2D eigenvalue weighted by molar-refractivity contribution is -0.134. The lowest BCUT2D eigenvalue weighted by Gasteiger charge is -2.20. The molecule has 0 atom stereocenters. The van der Waals surface area contributed by atoms with Crippen molar-refractivity contribution in [1.29, 1.82) is 0 Å². The number of carboxylic acid groups (broad SMARTS) is 1. The van der Waals surface area contributed by atoms with Gasteiger partial charge in [-0.1, -0.05) is 30.3 Å². The van der Waals surface area contributed by atoms with Gasteiger partial charge in [0.2, 0.25) is 0 Å². The number of carbonyl (C=O) groups is 2. The first-order valence-corrected chi connectivity index (χ1v) is 10.1. The normalized spacial score (nSPS) is 14.3. The number of Topliss-reactive ketones (excluding diaryl/α,β-unsaturated/α-hetero) is 1. The van der Waals surface area contributed by atoms with Gasteiger partial charge in [0, 0.05) is 30.9 Å². The van der Waals surface area contributed by atoms with E-state index < -0.39 is 5.97 Å². The van der Waals surface area contributed by atoms with Gasteiger partial charge in [0.15, 0.2) is 5.78 Å². The van der Waals surface area contributed by atoms with Gasteiger partial charge >= 0.3 is 5.97 Å². The van der Waals surface area contributed by atoms with Gasteiger partial charge in [0.1, 0.15) is 6.54 Å². The van der Waals surface area contributed by atoms with Crippen LogP contribution in [0.1, 0.15) is 38.7 Å². The van der Waals surface area contributed by atoms with Gasteiger partial charge in [-0.25, -0.2) is 0 Å². The number of aliphatic carboxylic acids is 1. The van der Waals surface area contributed by atoms with Crippen LogP contribution in [-0.4, -0.2) is 36.5 Å². The number of carboxylic acids is 1. The number of nitrogens with one attached hydrogen (secondary N) is 1. The molecule has 0 spiro atoms. The number of allylic oxidation sites excluding steroid dienone is 1. The fourth-order valence-electron chi connectivity index (χ4n) is 3.20. The summed E-state index contributed by atoms with van der Waals surface area (Å²) in [7, 11) is 0. The molecule has 5 heteroatoms. The van der Waals surface area contributed by atoms with Crippen LogP contribution in [0.2, 0.25) is 0 Å². The monoisotopic (exact) mass is 394 g/mol. The molecule has 2 aromatic carbocycles. The summed E-state index contributed by atoms with van der Waals surface area (Å²) in [6.45, 7) is 6.34. The molecule has 0 unspecified atom stereocenters. The topological polar surface area (TPSA) is 69.6 Å². The number of hydrogen-bond donors (Lipinski definition) is 2. The summed E-state index contributed by atoms with van der Waals surface area (Å²) in [5, 5.41) is 11.1. The van der Waals surface area contributed by atoms with E-state index in [1.54, 1.807) is 0 Å². The van der Waals surface area contributed by atoms with Gasteiger partial charge in [-0.05, 0) is 68.2 Å². The third kappa shape index (κ3) is 7.45. The van der Waals surface area contributed by atoms with Crippen molar-refractivity contribution >= 4 is 29.2 Å². The van der Waals surface area contributed by atoms with Crippen molar-refractivity contribution in [2.75, 3.05) is 29.9 Å². The Balaban J connectivity index is 0.000000234. The molecule has 5 nitrogen and oxygen atoms in total. The third-order valence-electron chi connectivity index (χ3n) is 4.79. The first kappa shape index (κ1) is 22.2. The highest BCUT2D eigenvalue weighted by atomic mass is 16.4. The molecule has 1 fully saturated rings. The van der Waals surface area contributed by atoms with E-state index in [4.69, 9.17) is 5.11 Å². The minimum absolute atomic E-state index is 0.0377. The van der Waals surface area contributed by atoms with E-state index >= 15 is 0 Å². The summed E-state index contributed by atoms with van der Waals surface area (Å²) in [4.78, 5) is 24.0. The second kappa shape index (κ2) is 11.7. The third-order valence-corrected chi connectivity index (χ3v) is 4.79. The fourth-order valence-corrected chi connectivity index (χ4v) is 3.20. The molecule has 1 aliphatic carbocycles. The fraction of sp³-hybridized carbons (Fsp3) is 0.333. The second-order valence-electron chi connectivity index (χ2n) is 6.82. The van der Waals surface area contributed by atoms with Crippen LogP contribution in [0.3, 0.4) is 0 Å². The van der Waals surface area contributed by atoms with Crippen LogP contribution in [0.4, 0.5) is 11.4 Å². The summed E-state index contributed by atoms with van der Waals surface area (Å²) >= 11 is 0. The standard InChI is InChI=1S/C16H21NO.C8H9NO2/c1-3-17(4-2)15-10-8-13(9-11-15)12-14-6-5-7-16(14)18;10-8(11)6-9-7-4-2-1-3-5-7/h8-12H,3-7H2,1-2H3;1-5,9H,6H2,(H,10,11). The first-order valence-electron chi connectivity index (χ1n) is 10.1. The van der Waals surface area contributed by atoms with Crippen molar-refractivity contribution in [3.05, 3.63) is 65.7 Å². The predicted octanol–water partition coefficient (Wildman–Crippen LogP) is 4.85. The van der Waals surface area contributed by atoms with Gasteiger partial charge in [-0.3, -0.25) is 9.59 Å². The molecule has 29 heavy (non-hydrogen) atoms. The molecule has 2 N–H and O–H groups in total. The van der Waals surface area contributed by atoms with Gasteiger partial charge in [0.25, 0.3) is 0 Å². The quantitative estimate of drug-likeness (QED) is 0.657. The van der Waals surface area contributed by atoms with Crippen molar-refractivity contribution < 1.29 is 14.7 Å². The summed E-state index contributed by atoms with van der Waals surface area (Å²) in [6.07, 6.45) is 4.73. The smallest absolute Gasteiger partial charge is 0.322 e. The van der Waals surface area contributed by atoms with E-state index in [1.165, 1.54) is 5.69 Å². The highest BCUT2D eigenvalue weighted by molar-refractivity contribution is 6.01. The van der Waals surface area contributed by atoms with Crippen molar-refractivity contribution in [3.63, 3.8) is 0 Å². The Morgan fingerprint density at radius 1 is 1.03 bits per heavy atom. The average Bonchev–Trinajstić information content (AvgIpc) is 3.14. The number of nitrogens with zero attached hydrogens (tertiary/aromatic N) is 1. The van der Waals surface area contributed by atoms with Crippen LogP contribution < -0.4 is 10.2 Å². The molecule has 1 saturated carbocycles. The second-order valence-corrected chi connectivity index (χ2v) is 6.82. The van der Waals surface area contributed by atoms with Crippen molar-refractivity contribution in [1.82, 2.24) is 0 Å². The highest BCUT2D eigenvalue weighted by Crippen LogP contribution is 2.24. The van der Waals surface area contributed by atoms with Gasteiger partial charge in [0.05, 0.1) is 0 Å². The molecule has 0 amide bonds. The van der Waals surface area contributed by atoms with E-state index in [2.05, 4.69) is 48.3 Å². The molecule has 0 bridgehead atoms. The van der Waals surface area contributed by atoms with Crippen LogP contribution in [0.5, 0.6) is 0 Å². The molecule has 0 heterocycles. The average molecular weight is 395 g/mol.